The van der Waals surface area contributed by atoms with E-state index in [9.17, 15) is 4.39 Å². The average Bonchev–Trinajstić information content (AvgIpc) is 2.74. The Hall–Kier alpha value is -0.600. The van der Waals surface area contributed by atoms with E-state index in [1.807, 2.05) is 0 Å². The lowest BCUT2D eigenvalue weighted by Gasteiger charge is -2.26. The topological polar surface area (TPSA) is 12.0 Å². The highest BCUT2D eigenvalue weighted by Gasteiger charge is 2.31. The summed E-state index contributed by atoms with van der Waals surface area (Å²) in [6.45, 7) is 5.16. The van der Waals surface area contributed by atoms with Crippen LogP contribution in [0.3, 0.4) is 0 Å². The Bertz CT molecular complexity index is 387. The average molecular weight is 270 g/mol. The molecule has 0 radical (unpaired) electrons. The molecule has 1 nitrogen and oxygen atoms in total. The van der Waals surface area contributed by atoms with Crippen molar-refractivity contribution in [3.63, 3.8) is 0 Å². The molecule has 3 heteroatoms. The maximum atomic E-state index is 14.0. The van der Waals surface area contributed by atoms with E-state index in [1.165, 1.54) is 12.5 Å². The number of benzene rings is 1. The molecule has 1 aromatic carbocycles. The van der Waals surface area contributed by atoms with Gasteiger partial charge in [0, 0.05) is 16.6 Å². The standard InChI is InChI=1S/C15H21ClFN/c1-3-18-15(11-8-7-10(2)9-11)14-12(16)5-4-6-13(14)17/h4-6,10-11,15,18H,3,7-9H2,1-2H3. The zero-order valence-corrected chi connectivity index (χ0v) is 11.8. The molecule has 1 saturated carbocycles. The van der Waals surface area contributed by atoms with E-state index in [0.29, 0.717) is 16.5 Å². The first-order chi connectivity index (χ1) is 8.63. The van der Waals surface area contributed by atoms with Crippen LogP contribution in [-0.2, 0) is 0 Å². The van der Waals surface area contributed by atoms with Crippen molar-refractivity contribution in [3.05, 3.63) is 34.6 Å². The minimum Gasteiger partial charge on any atom is -0.310 e. The fraction of sp³-hybridized carbons (Fsp3) is 0.600. The molecule has 1 aliphatic carbocycles. The predicted octanol–water partition coefficient (Wildman–Crippen LogP) is 4.57. The van der Waals surface area contributed by atoms with E-state index in [2.05, 4.69) is 19.2 Å². The Balaban J connectivity index is 2.29. The largest absolute Gasteiger partial charge is 0.310 e. The highest BCUT2D eigenvalue weighted by atomic mass is 35.5. The quantitative estimate of drug-likeness (QED) is 0.845. The van der Waals surface area contributed by atoms with Crippen molar-refractivity contribution in [1.82, 2.24) is 5.32 Å². The molecule has 3 unspecified atom stereocenters. The van der Waals surface area contributed by atoms with Gasteiger partial charge in [-0.2, -0.15) is 0 Å². The van der Waals surface area contributed by atoms with E-state index < -0.39 is 0 Å². The zero-order valence-electron chi connectivity index (χ0n) is 11.0. The number of hydrogen-bond donors (Lipinski definition) is 1. The van der Waals surface area contributed by atoms with Gasteiger partial charge in [0.1, 0.15) is 5.82 Å². The second kappa shape index (κ2) is 6.03. The van der Waals surface area contributed by atoms with Crippen LogP contribution in [0, 0.1) is 17.7 Å². The summed E-state index contributed by atoms with van der Waals surface area (Å²) in [5, 5.41) is 3.96. The molecule has 1 N–H and O–H groups in total. The van der Waals surface area contributed by atoms with Gasteiger partial charge in [0.15, 0.2) is 0 Å². The van der Waals surface area contributed by atoms with Crippen LogP contribution in [0.5, 0.6) is 0 Å². The molecule has 0 spiro atoms. The molecule has 0 bridgehead atoms. The molecule has 100 valence electrons. The molecule has 1 aliphatic rings. The van der Waals surface area contributed by atoms with E-state index in [0.717, 1.165) is 25.3 Å². The van der Waals surface area contributed by atoms with Crippen molar-refractivity contribution in [2.75, 3.05) is 6.54 Å². The van der Waals surface area contributed by atoms with E-state index in [1.54, 1.807) is 12.1 Å². The van der Waals surface area contributed by atoms with Gasteiger partial charge in [0.2, 0.25) is 0 Å². The summed E-state index contributed by atoms with van der Waals surface area (Å²) in [5.74, 6) is 1.05. The predicted molar refractivity (Wildman–Crippen MR) is 74.3 cm³/mol. The van der Waals surface area contributed by atoms with Gasteiger partial charge >= 0.3 is 0 Å². The van der Waals surface area contributed by atoms with E-state index >= 15 is 0 Å². The smallest absolute Gasteiger partial charge is 0.129 e. The number of halogens is 2. The number of hydrogen-bond acceptors (Lipinski definition) is 1. The van der Waals surface area contributed by atoms with E-state index in [4.69, 9.17) is 11.6 Å². The second-order valence-electron chi connectivity index (χ2n) is 5.35. The van der Waals surface area contributed by atoms with Crippen LogP contribution in [0.1, 0.15) is 44.7 Å². The van der Waals surface area contributed by atoms with Crippen molar-refractivity contribution in [2.24, 2.45) is 11.8 Å². The molecule has 0 aromatic heterocycles. The van der Waals surface area contributed by atoms with Crippen molar-refractivity contribution >= 4 is 11.6 Å². The van der Waals surface area contributed by atoms with Crippen LogP contribution in [0.15, 0.2) is 18.2 Å². The fourth-order valence-corrected chi connectivity index (χ4v) is 3.37. The third-order valence-corrected chi connectivity index (χ3v) is 4.27. The molecular weight excluding hydrogens is 249 g/mol. The molecule has 18 heavy (non-hydrogen) atoms. The van der Waals surface area contributed by atoms with E-state index in [-0.39, 0.29) is 11.9 Å². The first kappa shape index (κ1) is 13.8. The molecular formula is C15H21ClFN. The minimum atomic E-state index is -0.187. The number of rotatable bonds is 4. The SMILES string of the molecule is CCNC(c1c(F)cccc1Cl)C1CCC(C)C1. The summed E-state index contributed by atoms with van der Waals surface area (Å²) >= 11 is 6.19. The van der Waals surface area contributed by atoms with Gasteiger partial charge in [-0.25, -0.2) is 4.39 Å². The summed E-state index contributed by atoms with van der Waals surface area (Å²) in [6.07, 6.45) is 3.55. The van der Waals surface area contributed by atoms with Crippen LogP contribution < -0.4 is 5.32 Å². The summed E-state index contributed by atoms with van der Waals surface area (Å²) in [4.78, 5) is 0. The van der Waals surface area contributed by atoms with Gasteiger partial charge in [-0.1, -0.05) is 37.9 Å². The Morgan fingerprint density at radius 2 is 2.22 bits per heavy atom. The number of nitrogens with one attached hydrogen (secondary N) is 1. The Morgan fingerprint density at radius 3 is 2.78 bits per heavy atom. The Kier molecular flexibility index (Phi) is 4.63. The normalized spacial score (nSPS) is 25.3. The molecule has 1 fully saturated rings. The van der Waals surface area contributed by atoms with Crippen molar-refractivity contribution in [2.45, 2.75) is 39.2 Å². The summed E-state index contributed by atoms with van der Waals surface area (Å²) in [5.41, 5.74) is 0.653. The second-order valence-corrected chi connectivity index (χ2v) is 5.76. The molecule has 3 atom stereocenters. The van der Waals surface area contributed by atoms with Gasteiger partial charge in [0.05, 0.1) is 0 Å². The van der Waals surface area contributed by atoms with Gasteiger partial charge in [0.25, 0.3) is 0 Å². The minimum absolute atomic E-state index is 0.0497. The Labute approximate surface area is 114 Å². The lowest BCUT2D eigenvalue weighted by atomic mass is 9.90. The first-order valence-corrected chi connectivity index (χ1v) is 7.18. The first-order valence-electron chi connectivity index (χ1n) is 6.80. The monoisotopic (exact) mass is 269 g/mol. The van der Waals surface area contributed by atoms with Gasteiger partial charge in [-0.3, -0.25) is 0 Å². The van der Waals surface area contributed by atoms with Gasteiger partial charge < -0.3 is 5.32 Å². The molecule has 0 amide bonds. The van der Waals surface area contributed by atoms with Crippen LogP contribution in [0.2, 0.25) is 5.02 Å². The molecule has 0 aliphatic heterocycles. The lowest BCUT2D eigenvalue weighted by Crippen LogP contribution is -2.28. The lowest BCUT2D eigenvalue weighted by molar-refractivity contribution is 0.355. The van der Waals surface area contributed by atoms with Crippen molar-refractivity contribution in [3.8, 4) is 0 Å². The Morgan fingerprint density at radius 1 is 1.44 bits per heavy atom. The zero-order chi connectivity index (χ0) is 13.1. The van der Waals surface area contributed by atoms with Crippen LogP contribution in [0.25, 0.3) is 0 Å². The summed E-state index contributed by atoms with van der Waals surface area (Å²) in [7, 11) is 0. The maximum Gasteiger partial charge on any atom is 0.129 e. The summed E-state index contributed by atoms with van der Waals surface area (Å²) < 4.78 is 14.0. The van der Waals surface area contributed by atoms with Crippen molar-refractivity contribution < 1.29 is 4.39 Å². The van der Waals surface area contributed by atoms with Crippen LogP contribution in [0.4, 0.5) is 4.39 Å². The summed E-state index contributed by atoms with van der Waals surface area (Å²) in [6, 6.07) is 5.00. The van der Waals surface area contributed by atoms with Gasteiger partial charge in [-0.05, 0) is 43.4 Å². The van der Waals surface area contributed by atoms with Gasteiger partial charge in [-0.15, -0.1) is 0 Å². The van der Waals surface area contributed by atoms with Crippen molar-refractivity contribution in [1.29, 1.82) is 0 Å². The maximum absolute atomic E-state index is 14.0. The van der Waals surface area contributed by atoms with Crippen LogP contribution >= 0.6 is 11.6 Å². The highest BCUT2D eigenvalue weighted by Crippen LogP contribution is 2.41. The fourth-order valence-electron chi connectivity index (χ4n) is 3.09. The third-order valence-electron chi connectivity index (χ3n) is 3.94. The highest BCUT2D eigenvalue weighted by molar-refractivity contribution is 6.31. The third kappa shape index (κ3) is 2.86. The van der Waals surface area contributed by atoms with Crippen LogP contribution in [-0.4, -0.2) is 6.54 Å². The molecule has 1 aromatic rings. The molecule has 2 rings (SSSR count). The molecule has 0 heterocycles. The molecule has 0 saturated heterocycles.